The number of hydrogen-bond donors (Lipinski definition) is 3. The zero-order valence-electron chi connectivity index (χ0n) is 15.0. The third-order valence-electron chi connectivity index (χ3n) is 3.24. The average molecular weight is 422 g/mol. The molecule has 0 aliphatic carbocycles. The zero-order chi connectivity index (χ0) is 20.7. The third-order valence-corrected chi connectivity index (χ3v) is 4.58. The number of carbonyl (C=O) groups excluding carboxylic acids is 1. The third kappa shape index (κ3) is 5.93. The molecule has 0 aromatic heterocycles. The lowest BCUT2D eigenvalue weighted by Crippen LogP contribution is -2.23. The van der Waals surface area contributed by atoms with E-state index >= 15 is 0 Å². The number of hydrogen-bond acceptors (Lipinski definition) is 7. The van der Waals surface area contributed by atoms with Crippen LogP contribution in [0.2, 0.25) is 0 Å². The number of anilines is 1. The molecule has 2 aromatic rings. The molecule has 2 aromatic carbocycles. The van der Waals surface area contributed by atoms with Crippen LogP contribution in [0.1, 0.15) is 12.5 Å². The summed E-state index contributed by atoms with van der Waals surface area (Å²) < 4.78 is 35.5. The molecule has 0 aliphatic heterocycles. The lowest BCUT2D eigenvalue weighted by Gasteiger charge is -2.12. The first-order valence-electron chi connectivity index (χ1n) is 7.80. The fourth-order valence-electron chi connectivity index (χ4n) is 2.08. The normalized spacial score (nSPS) is 11.1. The second-order valence-electron chi connectivity index (χ2n) is 5.39. The molecule has 0 saturated carbocycles. The van der Waals surface area contributed by atoms with Crippen LogP contribution in [0.5, 0.6) is 11.5 Å². The van der Waals surface area contributed by atoms with E-state index in [9.17, 15) is 13.2 Å². The van der Waals surface area contributed by atoms with E-state index < -0.39 is 10.1 Å². The highest BCUT2D eigenvalue weighted by Crippen LogP contribution is 2.30. The summed E-state index contributed by atoms with van der Waals surface area (Å²) in [5, 5.41) is 6.35. The lowest BCUT2D eigenvalue weighted by atomic mass is 10.2. The minimum absolute atomic E-state index is 0.00785. The SMILES string of the molecule is COc1ccc(C=NNC(N)=S)cc1OS(=O)(=O)c1ccc(NC(C)=O)cc1. The highest BCUT2D eigenvalue weighted by Gasteiger charge is 2.19. The van der Waals surface area contributed by atoms with Crippen molar-refractivity contribution in [1.82, 2.24) is 5.43 Å². The Balaban J connectivity index is 2.27. The van der Waals surface area contributed by atoms with Crippen molar-refractivity contribution in [3.8, 4) is 11.5 Å². The Morgan fingerprint density at radius 2 is 1.86 bits per heavy atom. The quantitative estimate of drug-likeness (QED) is 0.265. The molecule has 4 N–H and O–H groups in total. The maximum atomic E-state index is 12.6. The van der Waals surface area contributed by atoms with Gasteiger partial charge in [0.05, 0.1) is 13.3 Å². The van der Waals surface area contributed by atoms with Crippen LogP contribution < -0.4 is 25.4 Å². The van der Waals surface area contributed by atoms with Crippen LogP contribution in [0.4, 0.5) is 5.69 Å². The Hall–Kier alpha value is -3.18. The molecule has 0 radical (unpaired) electrons. The lowest BCUT2D eigenvalue weighted by molar-refractivity contribution is -0.114. The highest BCUT2D eigenvalue weighted by molar-refractivity contribution is 7.87. The number of ether oxygens (including phenoxy) is 1. The molecule has 0 saturated heterocycles. The van der Waals surface area contributed by atoms with Crippen molar-refractivity contribution in [2.45, 2.75) is 11.8 Å². The molecule has 0 bridgehead atoms. The minimum atomic E-state index is -4.14. The van der Waals surface area contributed by atoms with Crippen molar-refractivity contribution in [3.05, 3.63) is 48.0 Å². The summed E-state index contributed by atoms with van der Waals surface area (Å²) in [5.74, 6) is -0.0643. The number of nitrogens with one attached hydrogen (secondary N) is 2. The zero-order valence-corrected chi connectivity index (χ0v) is 16.6. The van der Waals surface area contributed by atoms with E-state index in [0.717, 1.165) is 0 Å². The second kappa shape index (κ2) is 9.15. The molecule has 1 amide bonds. The van der Waals surface area contributed by atoms with E-state index in [4.69, 9.17) is 14.7 Å². The van der Waals surface area contributed by atoms with Crippen molar-refractivity contribution < 1.29 is 22.1 Å². The van der Waals surface area contributed by atoms with Gasteiger partial charge in [-0.15, -0.1) is 0 Å². The van der Waals surface area contributed by atoms with Crippen LogP contribution >= 0.6 is 12.2 Å². The predicted molar refractivity (Wildman–Crippen MR) is 109 cm³/mol. The number of rotatable bonds is 7. The van der Waals surface area contributed by atoms with Gasteiger partial charge in [0.2, 0.25) is 5.91 Å². The number of hydrazone groups is 1. The Labute approximate surface area is 167 Å². The van der Waals surface area contributed by atoms with Gasteiger partial charge >= 0.3 is 10.1 Å². The Bertz CT molecular complexity index is 1000. The average Bonchev–Trinajstić information content (AvgIpc) is 2.61. The van der Waals surface area contributed by atoms with Gasteiger partial charge in [0.15, 0.2) is 16.6 Å². The molecule has 0 heterocycles. The van der Waals surface area contributed by atoms with E-state index in [2.05, 4.69) is 28.1 Å². The summed E-state index contributed by atoms with van der Waals surface area (Å²) in [7, 11) is -2.75. The fraction of sp³-hybridized carbons (Fsp3) is 0.118. The van der Waals surface area contributed by atoms with Crippen LogP contribution in [0.25, 0.3) is 0 Å². The van der Waals surface area contributed by atoms with Crippen LogP contribution in [0.15, 0.2) is 52.5 Å². The number of carbonyl (C=O) groups is 1. The summed E-state index contributed by atoms with van der Waals surface area (Å²) in [6.07, 6.45) is 1.39. The molecule has 0 aliphatic rings. The monoisotopic (exact) mass is 422 g/mol. The molecule has 148 valence electrons. The molecule has 0 atom stereocenters. The van der Waals surface area contributed by atoms with Gasteiger partial charge in [-0.05, 0) is 60.2 Å². The van der Waals surface area contributed by atoms with Crippen LogP contribution in [-0.2, 0) is 14.9 Å². The second-order valence-corrected chi connectivity index (χ2v) is 7.37. The molecule has 28 heavy (non-hydrogen) atoms. The van der Waals surface area contributed by atoms with Crippen molar-refractivity contribution in [2.24, 2.45) is 10.8 Å². The standard InChI is InChI=1S/C17H18N4O5S2/c1-11(22)20-13-4-6-14(7-5-13)28(23,24)26-16-9-12(3-8-15(16)25-2)10-19-21-17(18)27/h3-10H,1-2H3,(H,20,22)(H3,18,21,27). The van der Waals surface area contributed by atoms with Gasteiger partial charge in [-0.2, -0.15) is 13.5 Å². The Morgan fingerprint density at radius 3 is 2.43 bits per heavy atom. The summed E-state index contributed by atoms with van der Waals surface area (Å²) in [5.41, 5.74) is 8.66. The molecule has 0 unspecified atom stereocenters. The number of thiocarbonyl (C=S) groups is 1. The van der Waals surface area contributed by atoms with Crippen LogP contribution in [0, 0.1) is 0 Å². The first-order valence-corrected chi connectivity index (χ1v) is 9.61. The van der Waals surface area contributed by atoms with Gasteiger partial charge in [0, 0.05) is 12.6 Å². The summed E-state index contributed by atoms with van der Waals surface area (Å²) in [6.45, 7) is 1.35. The summed E-state index contributed by atoms with van der Waals surface area (Å²) in [4.78, 5) is 11.0. The van der Waals surface area contributed by atoms with E-state index in [1.165, 1.54) is 56.6 Å². The van der Waals surface area contributed by atoms with Crippen molar-refractivity contribution in [3.63, 3.8) is 0 Å². The molecule has 9 nitrogen and oxygen atoms in total. The molecule has 0 spiro atoms. The van der Waals surface area contributed by atoms with Crippen LogP contribution in [0.3, 0.4) is 0 Å². The number of methoxy groups -OCH3 is 1. The summed E-state index contributed by atoms with van der Waals surface area (Å²) >= 11 is 4.64. The highest BCUT2D eigenvalue weighted by atomic mass is 32.2. The maximum Gasteiger partial charge on any atom is 0.339 e. The van der Waals surface area contributed by atoms with Gasteiger partial charge in [0.1, 0.15) is 4.90 Å². The first kappa shape index (κ1) is 21.1. The van der Waals surface area contributed by atoms with E-state index in [0.29, 0.717) is 11.3 Å². The fourth-order valence-corrected chi connectivity index (χ4v) is 3.07. The van der Waals surface area contributed by atoms with E-state index in [1.54, 1.807) is 6.07 Å². The first-order chi connectivity index (χ1) is 13.2. The minimum Gasteiger partial charge on any atom is -0.493 e. The number of amides is 1. The van der Waals surface area contributed by atoms with Gasteiger partial charge in [0.25, 0.3) is 0 Å². The van der Waals surface area contributed by atoms with E-state index in [1.807, 2.05) is 0 Å². The van der Waals surface area contributed by atoms with Gasteiger partial charge in [-0.1, -0.05) is 0 Å². The van der Waals surface area contributed by atoms with Crippen molar-refractivity contribution >= 4 is 45.3 Å². The molecule has 2 rings (SSSR count). The Morgan fingerprint density at radius 1 is 1.18 bits per heavy atom. The molecule has 0 fully saturated rings. The topological polar surface area (TPSA) is 132 Å². The van der Waals surface area contributed by atoms with Crippen LogP contribution in [-0.4, -0.2) is 32.8 Å². The largest absolute Gasteiger partial charge is 0.493 e. The maximum absolute atomic E-state index is 12.6. The predicted octanol–water partition coefficient (Wildman–Crippen LogP) is 1.59. The summed E-state index contributed by atoms with van der Waals surface area (Å²) in [6, 6.07) is 10.2. The number of nitrogens with two attached hydrogens (primary N) is 1. The molecular formula is C17H18N4O5S2. The van der Waals surface area contributed by atoms with E-state index in [-0.39, 0.29) is 27.4 Å². The van der Waals surface area contributed by atoms with Gasteiger partial charge in [-0.3, -0.25) is 10.2 Å². The van der Waals surface area contributed by atoms with Crippen molar-refractivity contribution in [2.75, 3.05) is 12.4 Å². The molecular weight excluding hydrogens is 404 g/mol. The smallest absolute Gasteiger partial charge is 0.339 e. The van der Waals surface area contributed by atoms with Gasteiger partial charge in [-0.25, -0.2) is 0 Å². The van der Waals surface area contributed by atoms with Gasteiger partial charge < -0.3 is 20.0 Å². The van der Waals surface area contributed by atoms with Crippen molar-refractivity contribution in [1.29, 1.82) is 0 Å². The Kier molecular flexibility index (Phi) is 6.90. The number of benzene rings is 2. The molecule has 11 heteroatoms. The number of nitrogens with zero attached hydrogens (tertiary/aromatic N) is 1.